The molecule has 3 aromatic carbocycles. The molecule has 137 valence electrons. The molecule has 1 aromatic heterocycles. The zero-order chi connectivity index (χ0) is 17.9. The number of nitrogens with zero attached hydrogens (tertiary/aromatic N) is 3. The first kappa shape index (κ1) is 19.2. The number of rotatable bonds is 4. The normalized spacial score (nSPS) is 10.6. The molecule has 4 heteroatoms. The van der Waals surface area contributed by atoms with Crippen LogP contribution in [-0.4, -0.2) is 14.8 Å². The second-order valence-corrected chi connectivity index (χ2v) is 6.56. The SMILES string of the molecule is CC(C)c1nnc(-c2[c-]cccc2)n1-c1ccc(-c2ccccc2)cc1.[Ir]. The molecule has 0 fully saturated rings. The van der Waals surface area contributed by atoms with Crippen molar-refractivity contribution >= 4 is 0 Å². The summed E-state index contributed by atoms with van der Waals surface area (Å²) in [6, 6.07) is 30.1. The van der Waals surface area contributed by atoms with Gasteiger partial charge in [-0.15, -0.1) is 41.0 Å². The van der Waals surface area contributed by atoms with Crippen LogP contribution in [0.25, 0.3) is 28.2 Å². The maximum atomic E-state index is 4.45. The summed E-state index contributed by atoms with van der Waals surface area (Å²) in [7, 11) is 0. The third-order valence-corrected chi connectivity index (χ3v) is 4.39. The Balaban J connectivity index is 0.00000210. The molecular formula is C23H20IrN3-. The molecule has 1 heterocycles. The van der Waals surface area contributed by atoms with Gasteiger partial charge in [-0.3, -0.25) is 0 Å². The van der Waals surface area contributed by atoms with E-state index in [9.17, 15) is 0 Å². The summed E-state index contributed by atoms with van der Waals surface area (Å²) in [6.07, 6.45) is 0. The van der Waals surface area contributed by atoms with Gasteiger partial charge in [0.2, 0.25) is 0 Å². The summed E-state index contributed by atoms with van der Waals surface area (Å²) in [5, 5.41) is 8.89. The van der Waals surface area contributed by atoms with Crippen molar-refractivity contribution in [2.45, 2.75) is 19.8 Å². The Morgan fingerprint density at radius 2 is 1.44 bits per heavy atom. The molecular weight excluding hydrogens is 510 g/mol. The second-order valence-electron chi connectivity index (χ2n) is 6.56. The average Bonchev–Trinajstić information content (AvgIpc) is 3.15. The molecule has 4 aromatic rings. The molecule has 0 aliphatic carbocycles. The third kappa shape index (κ3) is 3.92. The van der Waals surface area contributed by atoms with E-state index in [0.717, 1.165) is 22.9 Å². The first-order valence-electron chi connectivity index (χ1n) is 8.82. The van der Waals surface area contributed by atoms with Crippen LogP contribution in [0, 0.1) is 6.07 Å². The van der Waals surface area contributed by atoms with Crippen LogP contribution in [0.4, 0.5) is 0 Å². The van der Waals surface area contributed by atoms with E-state index in [0.29, 0.717) is 0 Å². The van der Waals surface area contributed by atoms with Gasteiger partial charge in [-0.05, 0) is 23.3 Å². The van der Waals surface area contributed by atoms with E-state index in [1.807, 2.05) is 30.3 Å². The Labute approximate surface area is 173 Å². The maximum Gasteiger partial charge on any atom is 0.131 e. The van der Waals surface area contributed by atoms with E-state index < -0.39 is 0 Å². The molecule has 1 radical (unpaired) electrons. The van der Waals surface area contributed by atoms with Crippen molar-refractivity contribution in [2.75, 3.05) is 0 Å². The van der Waals surface area contributed by atoms with Crippen LogP contribution in [-0.2, 0) is 20.1 Å². The van der Waals surface area contributed by atoms with Gasteiger partial charge in [-0.25, -0.2) is 0 Å². The zero-order valence-electron chi connectivity index (χ0n) is 15.3. The van der Waals surface area contributed by atoms with Gasteiger partial charge in [0.15, 0.2) is 0 Å². The predicted molar refractivity (Wildman–Crippen MR) is 105 cm³/mol. The Hall–Kier alpha value is -2.55. The van der Waals surface area contributed by atoms with Gasteiger partial charge in [0.1, 0.15) is 5.82 Å². The van der Waals surface area contributed by atoms with Crippen molar-refractivity contribution in [3.05, 3.63) is 90.8 Å². The first-order valence-corrected chi connectivity index (χ1v) is 8.82. The summed E-state index contributed by atoms with van der Waals surface area (Å²) in [5.41, 5.74) is 4.41. The summed E-state index contributed by atoms with van der Waals surface area (Å²) in [5.74, 6) is 2.04. The monoisotopic (exact) mass is 531 g/mol. The number of hydrogen-bond donors (Lipinski definition) is 0. The van der Waals surface area contributed by atoms with Crippen molar-refractivity contribution in [1.82, 2.24) is 14.8 Å². The predicted octanol–water partition coefficient (Wildman–Crippen LogP) is 5.52. The fourth-order valence-corrected chi connectivity index (χ4v) is 3.07. The van der Waals surface area contributed by atoms with E-state index in [-0.39, 0.29) is 26.0 Å². The Morgan fingerprint density at radius 1 is 0.778 bits per heavy atom. The van der Waals surface area contributed by atoms with E-state index in [1.54, 1.807) is 0 Å². The summed E-state index contributed by atoms with van der Waals surface area (Å²) < 4.78 is 2.13. The van der Waals surface area contributed by atoms with Gasteiger partial charge in [0, 0.05) is 31.7 Å². The van der Waals surface area contributed by atoms with Crippen molar-refractivity contribution in [3.8, 4) is 28.2 Å². The molecule has 0 bridgehead atoms. The van der Waals surface area contributed by atoms with Crippen LogP contribution in [0.5, 0.6) is 0 Å². The molecule has 3 nitrogen and oxygen atoms in total. The van der Waals surface area contributed by atoms with Gasteiger partial charge in [0.05, 0.1) is 5.82 Å². The maximum absolute atomic E-state index is 4.45. The van der Waals surface area contributed by atoms with E-state index in [2.05, 4.69) is 83.2 Å². The summed E-state index contributed by atoms with van der Waals surface area (Å²) >= 11 is 0. The number of benzene rings is 3. The second kappa shape index (κ2) is 8.43. The van der Waals surface area contributed by atoms with Crippen LogP contribution < -0.4 is 0 Å². The minimum absolute atomic E-state index is 0. The van der Waals surface area contributed by atoms with Crippen LogP contribution in [0.15, 0.2) is 78.9 Å². The topological polar surface area (TPSA) is 30.7 Å². The van der Waals surface area contributed by atoms with Crippen molar-refractivity contribution < 1.29 is 20.1 Å². The first-order chi connectivity index (χ1) is 12.7. The van der Waals surface area contributed by atoms with Crippen molar-refractivity contribution in [1.29, 1.82) is 0 Å². The molecule has 0 amide bonds. The average molecular weight is 531 g/mol. The Morgan fingerprint density at radius 3 is 2.07 bits per heavy atom. The van der Waals surface area contributed by atoms with Crippen molar-refractivity contribution in [3.63, 3.8) is 0 Å². The largest absolute Gasteiger partial charge is 0.320 e. The van der Waals surface area contributed by atoms with Gasteiger partial charge in [-0.1, -0.05) is 56.3 Å². The van der Waals surface area contributed by atoms with Crippen LogP contribution in [0.1, 0.15) is 25.6 Å². The molecule has 4 rings (SSSR count). The minimum Gasteiger partial charge on any atom is -0.320 e. The molecule has 0 unspecified atom stereocenters. The minimum atomic E-state index is 0. The standard InChI is InChI=1S/C23H20N3.Ir/c1-17(2)22-24-25-23(20-11-7-4-8-12-20)26(22)21-15-13-19(14-16-21)18-9-5-3-6-10-18;/h3-11,13-17H,1-2H3;/q-1;. The number of hydrogen-bond acceptors (Lipinski definition) is 2. The molecule has 0 N–H and O–H groups in total. The zero-order valence-corrected chi connectivity index (χ0v) is 17.7. The quantitative estimate of drug-likeness (QED) is 0.325. The Bertz CT molecular complexity index is 991. The van der Waals surface area contributed by atoms with Gasteiger partial charge in [0.25, 0.3) is 0 Å². The molecule has 0 saturated carbocycles. The molecule has 27 heavy (non-hydrogen) atoms. The molecule has 0 aliphatic heterocycles. The van der Waals surface area contributed by atoms with E-state index in [1.165, 1.54) is 11.1 Å². The van der Waals surface area contributed by atoms with Crippen LogP contribution in [0.2, 0.25) is 0 Å². The molecule has 0 saturated heterocycles. The smallest absolute Gasteiger partial charge is 0.131 e. The van der Waals surface area contributed by atoms with E-state index in [4.69, 9.17) is 0 Å². The molecule has 0 atom stereocenters. The van der Waals surface area contributed by atoms with E-state index >= 15 is 0 Å². The number of aromatic nitrogens is 3. The fraction of sp³-hybridized carbons (Fsp3) is 0.130. The van der Waals surface area contributed by atoms with Gasteiger partial charge in [-0.2, -0.15) is 5.10 Å². The van der Waals surface area contributed by atoms with Crippen molar-refractivity contribution in [2.24, 2.45) is 0 Å². The van der Waals surface area contributed by atoms with Crippen LogP contribution in [0.3, 0.4) is 0 Å². The summed E-state index contributed by atoms with van der Waals surface area (Å²) in [6.45, 7) is 4.27. The van der Waals surface area contributed by atoms with Crippen LogP contribution >= 0.6 is 0 Å². The molecule has 0 spiro atoms. The van der Waals surface area contributed by atoms with Gasteiger partial charge < -0.3 is 4.57 Å². The summed E-state index contributed by atoms with van der Waals surface area (Å²) in [4.78, 5) is 0. The Kier molecular flexibility index (Phi) is 6.00. The fourth-order valence-electron chi connectivity index (χ4n) is 3.07. The molecule has 0 aliphatic rings. The van der Waals surface area contributed by atoms with Gasteiger partial charge >= 0.3 is 0 Å². The third-order valence-electron chi connectivity index (χ3n) is 4.39.